The number of para-hydroxylation sites is 1. The first-order chi connectivity index (χ1) is 38.8. The maximum Gasteiger partial charge on any atom is 0.0540 e. The van der Waals surface area contributed by atoms with Crippen LogP contribution >= 0.6 is 11.3 Å². The van der Waals surface area contributed by atoms with Gasteiger partial charge >= 0.3 is 0 Å². The molecular weight excluding hydrogens is 973 g/mol. The number of hydrogen-bond acceptors (Lipinski definition) is 3. The molecule has 0 saturated carbocycles. The highest BCUT2D eigenvalue weighted by Crippen LogP contribution is 2.54. The third kappa shape index (κ3) is 9.45. The van der Waals surface area contributed by atoms with Gasteiger partial charge in [-0.3, -0.25) is 0 Å². The number of fused-ring (bicyclic) bond motifs is 2. The lowest BCUT2D eigenvalue weighted by molar-refractivity contribution is 0.593. The van der Waals surface area contributed by atoms with Gasteiger partial charge < -0.3 is 9.80 Å². The van der Waals surface area contributed by atoms with E-state index in [1.165, 1.54) is 98.5 Å². The fourth-order valence-corrected chi connectivity index (χ4v) is 13.5. The van der Waals surface area contributed by atoms with Crippen LogP contribution in [0.4, 0.5) is 28.4 Å². The molecule has 0 spiro atoms. The Bertz CT molecular complexity index is 4080. The van der Waals surface area contributed by atoms with Crippen LogP contribution in [-0.2, 0) is 5.41 Å². The van der Waals surface area contributed by atoms with Crippen molar-refractivity contribution in [3.63, 3.8) is 0 Å². The van der Waals surface area contributed by atoms with E-state index in [0.29, 0.717) is 5.92 Å². The molecular formula is C76H62N2S. The summed E-state index contributed by atoms with van der Waals surface area (Å²) < 4.78 is 0. The van der Waals surface area contributed by atoms with Gasteiger partial charge in [0, 0.05) is 54.3 Å². The van der Waals surface area contributed by atoms with Gasteiger partial charge in [-0.15, -0.1) is 11.3 Å². The molecule has 2 aliphatic rings. The average Bonchev–Trinajstić information content (AvgIpc) is 4.18. The summed E-state index contributed by atoms with van der Waals surface area (Å²) in [5.74, 6) is 0.371. The van der Waals surface area contributed by atoms with E-state index in [4.69, 9.17) is 0 Å². The molecule has 1 aromatic heterocycles. The highest BCUT2D eigenvalue weighted by Gasteiger charge is 2.30. The normalized spacial score (nSPS) is 15.6. The Labute approximate surface area is 470 Å². The molecule has 0 radical (unpaired) electrons. The summed E-state index contributed by atoms with van der Waals surface area (Å²) in [5, 5.41) is 2.43. The molecule has 0 fully saturated rings. The van der Waals surface area contributed by atoms with Gasteiger partial charge in [-0.1, -0.05) is 243 Å². The number of rotatable bonds is 12. The first-order valence-electron chi connectivity index (χ1n) is 27.8. The van der Waals surface area contributed by atoms with Crippen molar-refractivity contribution in [2.45, 2.75) is 51.9 Å². The van der Waals surface area contributed by atoms with Gasteiger partial charge in [-0.25, -0.2) is 0 Å². The van der Waals surface area contributed by atoms with Crippen LogP contribution in [0.3, 0.4) is 0 Å². The lowest BCUT2D eigenvalue weighted by atomic mass is 9.76. The number of allylic oxidation sites excluding steroid dienone is 4. The zero-order chi connectivity index (χ0) is 53.5. The number of benzene rings is 10. The third-order valence-corrected chi connectivity index (χ3v) is 17.5. The van der Waals surface area contributed by atoms with Crippen LogP contribution in [0.25, 0.3) is 71.1 Å². The second-order valence-electron chi connectivity index (χ2n) is 21.7. The number of hydrogen-bond donors (Lipinski definition) is 0. The summed E-state index contributed by atoms with van der Waals surface area (Å²) in [4.78, 5) is 7.45. The lowest BCUT2D eigenvalue weighted by Crippen LogP contribution is -2.26. The van der Waals surface area contributed by atoms with Crippen LogP contribution in [-0.4, -0.2) is 0 Å². The summed E-state index contributed by atoms with van der Waals surface area (Å²) in [6, 6.07) is 89.9. The molecule has 2 unspecified atom stereocenters. The summed E-state index contributed by atoms with van der Waals surface area (Å²) in [6.45, 7) is 9.06. The van der Waals surface area contributed by atoms with E-state index in [1.807, 2.05) is 11.3 Å². The Morgan fingerprint density at radius 2 is 0.975 bits per heavy atom. The summed E-state index contributed by atoms with van der Waals surface area (Å²) in [6.07, 6.45) is 13.7. The van der Waals surface area contributed by atoms with Crippen molar-refractivity contribution >= 4 is 56.6 Å². The molecule has 0 aliphatic heterocycles. The number of anilines is 5. The molecule has 11 aromatic rings. The maximum atomic E-state index is 2.51. The fraction of sp³-hybridized carbons (Fsp3) is 0.105. The molecule has 13 rings (SSSR count). The minimum atomic E-state index is -0.175. The molecule has 10 aromatic carbocycles. The van der Waals surface area contributed by atoms with Crippen molar-refractivity contribution in [2.75, 3.05) is 9.80 Å². The van der Waals surface area contributed by atoms with E-state index in [9.17, 15) is 0 Å². The van der Waals surface area contributed by atoms with E-state index < -0.39 is 0 Å². The van der Waals surface area contributed by atoms with Gasteiger partial charge in [-0.05, 0) is 137 Å². The van der Waals surface area contributed by atoms with Crippen LogP contribution in [0, 0.1) is 13.8 Å². The molecule has 1 heterocycles. The fourth-order valence-electron chi connectivity index (χ4n) is 12.1. The van der Waals surface area contributed by atoms with E-state index in [0.717, 1.165) is 41.3 Å². The Morgan fingerprint density at radius 1 is 0.443 bits per heavy atom. The SMILES string of the molecule is Cc1ccc(-c2ccccc2N(c2ccc(-c3sc(-c4ccc(N(C5=CC(C)(c6ccc(C)cc6)CC=C5)c5cccc6ccccc56)cc4)c(-c4ccccc4)c3-c3ccccc3)cc2)c2cccc3c2C(C)CC=C3)cc1. The average molecular weight is 1040 g/mol. The Morgan fingerprint density at radius 3 is 1.65 bits per heavy atom. The third-order valence-electron chi connectivity index (χ3n) is 16.2. The number of aryl methyl sites for hydroxylation is 2. The maximum absolute atomic E-state index is 2.51. The molecule has 0 bridgehead atoms. The molecule has 2 aliphatic carbocycles. The van der Waals surface area contributed by atoms with E-state index in [-0.39, 0.29) is 5.41 Å². The van der Waals surface area contributed by atoms with Crippen molar-refractivity contribution in [1.29, 1.82) is 0 Å². The Balaban J connectivity index is 0.962. The number of nitrogens with zero attached hydrogens (tertiary/aromatic N) is 2. The molecule has 0 N–H and O–H groups in total. The first kappa shape index (κ1) is 49.5. The molecule has 2 nitrogen and oxygen atoms in total. The van der Waals surface area contributed by atoms with Gasteiger partial charge in [0.1, 0.15) is 0 Å². The molecule has 79 heavy (non-hydrogen) atoms. The zero-order valence-electron chi connectivity index (χ0n) is 45.3. The molecule has 2 atom stereocenters. The van der Waals surface area contributed by atoms with Crippen molar-refractivity contribution < 1.29 is 0 Å². The van der Waals surface area contributed by atoms with E-state index >= 15 is 0 Å². The summed E-state index contributed by atoms with van der Waals surface area (Å²) in [5.41, 5.74) is 22.9. The topological polar surface area (TPSA) is 6.48 Å². The van der Waals surface area contributed by atoms with Crippen LogP contribution in [0.15, 0.2) is 273 Å². The van der Waals surface area contributed by atoms with Crippen molar-refractivity contribution in [3.8, 4) is 54.3 Å². The van der Waals surface area contributed by atoms with Gasteiger partial charge in [0.2, 0.25) is 0 Å². The highest BCUT2D eigenvalue weighted by molar-refractivity contribution is 7.20. The smallest absolute Gasteiger partial charge is 0.0540 e. The van der Waals surface area contributed by atoms with E-state index in [1.54, 1.807) is 0 Å². The molecule has 0 amide bonds. The van der Waals surface area contributed by atoms with Crippen molar-refractivity contribution in [1.82, 2.24) is 0 Å². The minimum absolute atomic E-state index is 0.175. The molecule has 382 valence electrons. The Hall–Kier alpha value is -9.02. The predicted octanol–water partition coefficient (Wildman–Crippen LogP) is 21.8. The van der Waals surface area contributed by atoms with Gasteiger partial charge in [-0.2, -0.15) is 0 Å². The first-order valence-corrected chi connectivity index (χ1v) is 28.6. The Kier molecular flexibility index (Phi) is 13.2. The quantitative estimate of drug-likeness (QED) is 0.120. The standard InChI is InChI=1S/C76H62N2S/c1-52-34-38-56(39-35-52)67-30-13-14-31-69(67)78(70-33-17-27-57-26-15-19-54(3)71(57)70)64-48-42-61(43-49-64)75-73(59-23-9-6-10-24-59)72(58-21-7-5-8-22-58)74(79-75)60-40-46-63(47-41-60)77(68-32-16-25-55-20-11-12-29-66(55)68)65-28-18-50-76(4,51-65)62-44-36-53(2)37-45-62/h5-18,20-49,51,54H,19,50H2,1-4H3. The zero-order valence-corrected chi connectivity index (χ0v) is 46.1. The van der Waals surface area contributed by atoms with Gasteiger partial charge in [0.15, 0.2) is 0 Å². The monoisotopic (exact) mass is 1030 g/mol. The van der Waals surface area contributed by atoms with Crippen LogP contribution in [0.5, 0.6) is 0 Å². The largest absolute Gasteiger partial charge is 0.310 e. The number of thiophene rings is 1. The molecule has 0 saturated heterocycles. The van der Waals surface area contributed by atoms with Gasteiger partial charge in [0.25, 0.3) is 0 Å². The second-order valence-corrected chi connectivity index (χ2v) is 22.7. The predicted molar refractivity (Wildman–Crippen MR) is 339 cm³/mol. The minimum Gasteiger partial charge on any atom is -0.310 e. The van der Waals surface area contributed by atoms with Crippen LogP contribution < -0.4 is 9.80 Å². The van der Waals surface area contributed by atoms with Gasteiger partial charge in [0.05, 0.1) is 17.1 Å². The van der Waals surface area contributed by atoms with E-state index in [2.05, 4.69) is 311 Å². The highest BCUT2D eigenvalue weighted by atomic mass is 32.1. The van der Waals surface area contributed by atoms with Crippen molar-refractivity contribution in [2.24, 2.45) is 0 Å². The molecule has 3 heteroatoms. The lowest BCUT2D eigenvalue weighted by Gasteiger charge is -2.35. The summed E-state index contributed by atoms with van der Waals surface area (Å²) >= 11 is 1.89. The second kappa shape index (κ2) is 21.1. The summed E-state index contributed by atoms with van der Waals surface area (Å²) in [7, 11) is 0. The van der Waals surface area contributed by atoms with Crippen LogP contribution in [0.1, 0.15) is 60.4 Å². The van der Waals surface area contributed by atoms with Crippen LogP contribution in [0.2, 0.25) is 0 Å². The van der Waals surface area contributed by atoms with Crippen molar-refractivity contribution in [3.05, 3.63) is 300 Å².